The van der Waals surface area contributed by atoms with E-state index >= 15 is 0 Å². The van der Waals surface area contributed by atoms with Crippen molar-refractivity contribution in [1.29, 1.82) is 0 Å². The van der Waals surface area contributed by atoms with E-state index in [-0.39, 0.29) is 23.8 Å². The number of amides is 2. The SMILES string of the molecule is CC1CN(C(=O)C2CCN(C(=O)c3ccccc3)CC2)c2cccnc2O1. The Morgan fingerprint density at radius 3 is 2.56 bits per heavy atom. The largest absolute Gasteiger partial charge is 0.471 e. The van der Waals surface area contributed by atoms with Gasteiger partial charge in [0, 0.05) is 30.8 Å². The topological polar surface area (TPSA) is 62.7 Å². The van der Waals surface area contributed by atoms with Crippen LogP contribution in [0.5, 0.6) is 5.88 Å². The number of aromatic nitrogens is 1. The minimum Gasteiger partial charge on any atom is -0.471 e. The molecule has 2 aliphatic rings. The highest BCUT2D eigenvalue weighted by Crippen LogP contribution is 2.33. The fourth-order valence-corrected chi connectivity index (χ4v) is 3.78. The number of carbonyl (C=O) groups is 2. The van der Waals surface area contributed by atoms with Crippen molar-refractivity contribution in [3.05, 3.63) is 54.2 Å². The number of likely N-dealkylation sites (tertiary alicyclic amines) is 1. The maximum absolute atomic E-state index is 13.1. The van der Waals surface area contributed by atoms with Crippen LogP contribution in [0.1, 0.15) is 30.1 Å². The molecule has 1 aromatic carbocycles. The van der Waals surface area contributed by atoms with Gasteiger partial charge in [0.1, 0.15) is 11.8 Å². The lowest BCUT2D eigenvalue weighted by molar-refractivity contribution is -0.124. The van der Waals surface area contributed by atoms with Gasteiger partial charge in [-0.1, -0.05) is 18.2 Å². The number of carbonyl (C=O) groups excluding carboxylic acids is 2. The maximum Gasteiger partial charge on any atom is 0.253 e. The Hall–Kier alpha value is -2.89. The number of hydrogen-bond acceptors (Lipinski definition) is 4. The van der Waals surface area contributed by atoms with Crippen LogP contribution in [0.25, 0.3) is 0 Å². The highest BCUT2D eigenvalue weighted by molar-refractivity contribution is 5.97. The van der Waals surface area contributed by atoms with Gasteiger partial charge in [0.2, 0.25) is 11.8 Å². The van der Waals surface area contributed by atoms with Gasteiger partial charge in [-0.2, -0.15) is 0 Å². The molecule has 2 aliphatic heterocycles. The highest BCUT2D eigenvalue weighted by Gasteiger charge is 2.35. The van der Waals surface area contributed by atoms with Crippen molar-refractivity contribution in [3.8, 4) is 5.88 Å². The fraction of sp³-hybridized carbons (Fsp3) is 0.381. The van der Waals surface area contributed by atoms with Crippen LogP contribution in [-0.4, -0.2) is 47.4 Å². The third-order valence-corrected chi connectivity index (χ3v) is 5.21. The van der Waals surface area contributed by atoms with Gasteiger partial charge < -0.3 is 14.5 Å². The fourth-order valence-electron chi connectivity index (χ4n) is 3.78. The summed E-state index contributed by atoms with van der Waals surface area (Å²) in [6.07, 6.45) is 2.95. The minimum absolute atomic E-state index is 0.0380. The predicted molar refractivity (Wildman–Crippen MR) is 102 cm³/mol. The number of benzene rings is 1. The summed E-state index contributed by atoms with van der Waals surface area (Å²) in [6, 6.07) is 13.0. The van der Waals surface area contributed by atoms with Gasteiger partial charge in [-0.15, -0.1) is 0 Å². The lowest BCUT2D eigenvalue weighted by atomic mass is 9.94. The van der Waals surface area contributed by atoms with E-state index in [9.17, 15) is 9.59 Å². The second-order valence-electron chi connectivity index (χ2n) is 7.14. The Labute approximate surface area is 158 Å². The standard InChI is InChI=1S/C21H23N3O3/c1-15-14-24(18-8-5-11-22-19(18)27-15)21(26)17-9-12-23(13-10-17)20(25)16-6-3-2-4-7-16/h2-8,11,15,17H,9-10,12-14H2,1H3. The number of hydrogen-bond donors (Lipinski definition) is 0. The Kier molecular flexibility index (Phi) is 4.79. The molecule has 3 heterocycles. The number of anilines is 1. The van der Waals surface area contributed by atoms with Gasteiger partial charge in [0.25, 0.3) is 5.91 Å². The molecule has 1 atom stereocenters. The molecule has 0 aliphatic carbocycles. The molecule has 0 saturated carbocycles. The van der Waals surface area contributed by atoms with Gasteiger partial charge >= 0.3 is 0 Å². The second-order valence-corrected chi connectivity index (χ2v) is 7.14. The number of rotatable bonds is 2. The monoisotopic (exact) mass is 365 g/mol. The summed E-state index contributed by atoms with van der Waals surface area (Å²) in [4.78, 5) is 33.6. The van der Waals surface area contributed by atoms with Gasteiger partial charge in [-0.25, -0.2) is 4.98 Å². The molecule has 1 saturated heterocycles. The molecule has 6 nitrogen and oxygen atoms in total. The van der Waals surface area contributed by atoms with Crippen molar-refractivity contribution in [2.75, 3.05) is 24.5 Å². The van der Waals surface area contributed by atoms with Crippen LogP contribution < -0.4 is 9.64 Å². The number of piperidine rings is 1. The summed E-state index contributed by atoms with van der Waals surface area (Å²) in [5, 5.41) is 0. The van der Waals surface area contributed by atoms with Crippen molar-refractivity contribution in [2.45, 2.75) is 25.9 Å². The minimum atomic E-state index is -0.0869. The number of nitrogens with zero attached hydrogens (tertiary/aromatic N) is 3. The Bertz CT molecular complexity index is 832. The molecule has 0 spiro atoms. The summed E-state index contributed by atoms with van der Waals surface area (Å²) < 4.78 is 5.74. The van der Waals surface area contributed by atoms with Crippen molar-refractivity contribution in [2.24, 2.45) is 5.92 Å². The molecular weight excluding hydrogens is 342 g/mol. The molecule has 4 rings (SSSR count). The third kappa shape index (κ3) is 3.52. The zero-order chi connectivity index (χ0) is 18.8. The molecule has 0 N–H and O–H groups in total. The molecule has 27 heavy (non-hydrogen) atoms. The van der Waals surface area contributed by atoms with Crippen LogP contribution in [-0.2, 0) is 4.79 Å². The van der Waals surface area contributed by atoms with Crippen molar-refractivity contribution >= 4 is 17.5 Å². The average molecular weight is 365 g/mol. The molecule has 0 bridgehead atoms. The van der Waals surface area contributed by atoms with Crippen molar-refractivity contribution in [1.82, 2.24) is 9.88 Å². The third-order valence-electron chi connectivity index (χ3n) is 5.21. The quantitative estimate of drug-likeness (QED) is 0.821. The smallest absolute Gasteiger partial charge is 0.253 e. The van der Waals surface area contributed by atoms with Gasteiger partial charge in [-0.05, 0) is 44.0 Å². The van der Waals surface area contributed by atoms with Crippen molar-refractivity contribution in [3.63, 3.8) is 0 Å². The van der Waals surface area contributed by atoms with Crippen LogP contribution in [0.2, 0.25) is 0 Å². The van der Waals surface area contributed by atoms with Gasteiger partial charge in [-0.3, -0.25) is 9.59 Å². The first-order valence-corrected chi connectivity index (χ1v) is 9.41. The lowest BCUT2D eigenvalue weighted by Gasteiger charge is -2.37. The molecule has 2 amide bonds. The molecular formula is C21H23N3O3. The van der Waals surface area contributed by atoms with E-state index in [0.29, 0.717) is 43.9 Å². The summed E-state index contributed by atoms with van der Waals surface area (Å²) in [6.45, 7) is 3.67. The highest BCUT2D eigenvalue weighted by atomic mass is 16.5. The normalized spacial score (nSPS) is 20.0. The second kappa shape index (κ2) is 7.39. The van der Waals surface area contributed by atoms with Crippen LogP contribution >= 0.6 is 0 Å². The Morgan fingerprint density at radius 1 is 1.07 bits per heavy atom. The van der Waals surface area contributed by atoms with E-state index in [1.54, 1.807) is 11.1 Å². The number of ether oxygens (including phenoxy) is 1. The van der Waals surface area contributed by atoms with E-state index in [0.717, 1.165) is 5.69 Å². The molecule has 6 heteroatoms. The van der Waals surface area contributed by atoms with Crippen LogP contribution in [0.4, 0.5) is 5.69 Å². The van der Waals surface area contributed by atoms with Gasteiger partial charge in [0.15, 0.2) is 0 Å². The first-order chi connectivity index (χ1) is 13.1. The lowest BCUT2D eigenvalue weighted by Crippen LogP contribution is -2.48. The van der Waals surface area contributed by atoms with Crippen LogP contribution in [0.15, 0.2) is 48.7 Å². The zero-order valence-electron chi connectivity index (χ0n) is 15.4. The number of pyridine rings is 1. The average Bonchev–Trinajstić information content (AvgIpc) is 2.73. The molecule has 140 valence electrons. The van der Waals surface area contributed by atoms with Crippen LogP contribution in [0, 0.1) is 5.92 Å². The zero-order valence-corrected chi connectivity index (χ0v) is 15.4. The first kappa shape index (κ1) is 17.5. The van der Waals surface area contributed by atoms with E-state index < -0.39 is 0 Å². The van der Waals surface area contributed by atoms with Gasteiger partial charge in [0.05, 0.1) is 6.54 Å². The predicted octanol–water partition coefficient (Wildman–Crippen LogP) is 2.75. The van der Waals surface area contributed by atoms with Crippen LogP contribution in [0.3, 0.4) is 0 Å². The summed E-state index contributed by atoms with van der Waals surface area (Å²) in [5.41, 5.74) is 1.44. The summed E-state index contributed by atoms with van der Waals surface area (Å²) >= 11 is 0. The summed E-state index contributed by atoms with van der Waals surface area (Å²) in [7, 11) is 0. The van der Waals surface area contributed by atoms with E-state index in [1.165, 1.54) is 0 Å². The number of fused-ring (bicyclic) bond motifs is 1. The maximum atomic E-state index is 13.1. The molecule has 2 aromatic rings. The summed E-state index contributed by atoms with van der Waals surface area (Å²) in [5.74, 6) is 0.576. The molecule has 0 radical (unpaired) electrons. The van der Waals surface area contributed by atoms with E-state index in [4.69, 9.17) is 4.74 Å². The molecule has 1 unspecified atom stereocenters. The molecule has 1 aromatic heterocycles. The van der Waals surface area contributed by atoms with E-state index in [1.807, 2.05) is 54.3 Å². The Balaban J connectivity index is 1.43. The molecule has 1 fully saturated rings. The first-order valence-electron chi connectivity index (χ1n) is 9.41. The van der Waals surface area contributed by atoms with E-state index in [2.05, 4.69) is 4.98 Å². The Morgan fingerprint density at radius 2 is 1.81 bits per heavy atom. The van der Waals surface area contributed by atoms with Crippen molar-refractivity contribution < 1.29 is 14.3 Å².